The monoisotopic (exact) mass is 468 g/mol. The Kier molecular flexibility index (Phi) is 7.11. The van der Waals surface area contributed by atoms with Gasteiger partial charge in [0.1, 0.15) is 0 Å². The van der Waals surface area contributed by atoms with Gasteiger partial charge in [0.25, 0.3) is 11.8 Å². The Morgan fingerprint density at radius 3 is 2.53 bits per heavy atom. The fourth-order valence-electron chi connectivity index (χ4n) is 2.73. The first kappa shape index (κ1) is 23.2. The van der Waals surface area contributed by atoms with E-state index >= 15 is 0 Å². The predicted octanol–water partition coefficient (Wildman–Crippen LogP) is 3.26. The number of carbonyl (C=O) groups excluding carboxylic acids is 3. The van der Waals surface area contributed by atoms with Crippen molar-refractivity contribution < 1.29 is 32.4 Å². The van der Waals surface area contributed by atoms with Gasteiger partial charge in [-0.05, 0) is 37.2 Å². The van der Waals surface area contributed by atoms with Gasteiger partial charge in [-0.15, -0.1) is 5.06 Å². The summed E-state index contributed by atoms with van der Waals surface area (Å²) in [5.41, 5.74) is 0.289. The maximum Gasteiger partial charge on any atom is 0.493 e. The lowest BCUT2D eigenvalue weighted by Gasteiger charge is -2.22. The molecule has 2 aromatic rings. The molecule has 0 saturated heterocycles. The highest BCUT2D eigenvalue weighted by atomic mass is 35.5. The predicted molar refractivity (Wildman–Crippen MR) is 109 cm³/mol. The van der Waals surface area contributed by atoms with E-state index in [1.807, 2.05) is 0 Å². The van der Waals surface area contributed by atoms with Crippen molar-refractivity contribution in [1.82, 2.24) is 10.3 Å². The number of alkyl halides is 3. The molecule has 0 bridgehead atoms. The molecule has 12 heteroatoms. The Morgan fingerprint density at radius 1 is 1.16 bits per heavy atom. The van der Waals surface area contributed by atoms with Crippen LogP contribution < -0.4 is 15.7 Å². The van der Waals surface area contributed by atoms with Gasteiger partial charge >= 0.3 is 12.1 Å². The minimum absolute atomic E-state index is 0.0175. The summed E-state index contributed by atoms with van der Waals surface area (Å²) >= 11 is 5.74. The minimum Gasteiger partial charge on any atom is -0.323 e. The average Bonchev–Trinajstić information content (AvgIpc) is 2.78. The van der Waals surface area contributed by atoms with Crippen LogP contribution in [0.3, 0.4) is 0 Å². The van der Waals surface area contributed by atoms with Gasteiger partial charge in [-0.25, -0.2) is 9.78 Å². The number of benzene rings is 1. The molecule has 32 heavy (non-hydrogen) atoms. The first-order chi connectivity index (χ1) is 15.2. The largest absolute Gasteiger partial charge is 0.493 e. The van der Waals surface area contributed by atoms with Gasteiger partial charge in [-0.1, -0.05) is 29.8 Å². The third-order valence-corrected chi connectivity index (χ3v) is 4.49. The van der Waals surface area contributed by atoms with E-state index in [0.717, 1.165) is 12.3 Å². The number of anilines is 2. The number of amides is 2. The van der Waals surface area contributed by atoms with E-state index in [0.29, 0.717) is 25.1 Å². The van der Waals surface area contributed by atoms with Crippen molar-refractivity contribution in [3.8, 4) is 0 Å². The number of nitrogens with zero attached hydrogens (tertiary/aromatic N) is 2. The van der Waals surface area contributed by atoms with Crippen LogP contribution in [-0.4, -0.2) is 42.0 Å². The Balaban J connectivity index is 1.93. The molecular formula is C20H16ClF3N4O4. The first-order valence-electron chi connectivity index (χ1n) is 9.22. The zero-order valence-corrected chi connectivity index (χ0v) is 17.0. The lowest BCUT2D eigenvalue weighted by molar-refractivity contribution is -0.200. The van der Waals surface area contributed by atoms with Crippen molar-refractivity contribution in [2.45, 2.75) is 12.6 Å². The summed E-state index contributed by atoms with van der Waals surface area (Å²) in [7, 11) is 0. The minimum atomic E-state index is -5.36. The molecule has 1 aromatic heterocycles. The van der Waals surface area contributed by atoms with Crippen molar-refractivity contribution in [2.24, 2.45) is 0 Å². The Morgan fingerprint density at radius 2 is 1.91 bits per heavy atom. The van der Waals surface area contributed by atoms with Gasteiger partial charge in [-0.3, -0.25) is 9.59 Å². The molecule has 1 aliphatic rings. The molecule has 8 nitrogen and oxygen atoms in total. The fraction of sp³-hybridized carbons (Fsp3) is 0.200. The first-order valence-corrected chi connectivity index (χ1v) is 9.60. The Bertz CT molecular complexity index is 1060. The zero-order valence-electron chi connectivity index (χ0n) is 16.3. The molecule has 2 amide bonds. The van der Waals surface area contributed by atoms with Gasteiger partial charge < -0.3 is 15.5 Å². The number of nitrogens with one attached hydrogen (secondary N) is 2. The smallest absolute Gasteiger partial charge is 0.323 e. The highest BCUT2D eigenvalue weighted by Gasteiger charge is 2.44. The van der Waals surface area contributed by atoms with Crippen LogP contribution in [0.2, 0.25) is 5.02 Å². The summed E-state index contributed by atoms with van der Waals surface area (Å²) in [4.78, 5) is 45.1. The van der Waals surface area contributed by atoms with Crippen molar-refractivity contribution in [1.29, 1.82) is 0 Å². The molecule has 0 aliphatic carbocycles. The molecular weight excluding hydrogens is 453 g/mol. The number of hydroxylamine groups is 1. The van der Waals surface area contributed by atoms with Gasteiger partial charge in [0.2, 0.25) is 0 Å². The Labute approximate surface area is 185 Å². The van der Waals surface area contributed by atoms with E-state index in [4.69, 9.17) is 11.6 Å². The number of hydrogen-bond donors (Lipinski definition) is 2. The van der Waals surface area contributed by atoms with E-state index in [1.165, 1.54) is 30.3 Å². The van der Waals surface area contributed by atoms with E-state index in [1.54, 1.807) is 6.08 Å². The summed E-state index contributed by atoms with van der Waals surface area (Å²) in [5, 5.41) is 5.87. The second kappa shape index (κ2) is 9.79. The van der Waals surface area contributed by atoms with Crippen molar-refractivity contribution in [3.05, 3.63) is 64.8 Å². The van der Waals surface area contributed by atoms with Crippen LogP contribution in [0.15, 0.2) is 54.2 Å². The number of rotatable bonds is 4. The standard InChI is InChI=1S/C20H16ClF3N4O4/c21-13-5-6-16(26-11-13)28(32-19(31)20(22,23)24)18(30)14-3-1-2-4-15(14)27-17(29)12-7-9-25-10-8-12/h1-7,11,25H,8-10H2,(H,27,29). The van der Waals surface area contributed by atoms with E-state index in [9.17, 15) is 27.6 Å². The summed E-state index contributed by atoms with van der Waals surface area (Å²) in [5.74, 6) is -4.66. The molecule has 0 radical (unpaired) electrons. The molecule has 0 fully saturated rings. The van der Waals surface area contributed by atoms with E-state index in [2.05, 4.69) is 20.5 Å². The third kappa shape index (κ3) is 5.62. The van der Waals surface area contributed by atoms with Crippen LogP contribution in [0.1, 0.15) is 16.8 Å². The van der Waals surface area contributed by atoms with E-state index in [-0.39, 0.29) is 21.3 Å². The summed E-state index contributed by atoms with van der Waals surface area (Å²) in [6, 6.07) is 7.97. The SMILES string of the molecule is O=C(Nc1ccccc1C(=O)N(OC(=O)C(F)(F)F)c1ccc(Cl)cn1)C1=CCNCC1. The molecule has 1 aliphatic heterocycles. The molecule has 0 spiro atoms. The number of para-hydroxylation sites is 1. The van der Waals surface area contributed by atoms with Gasteiger partial charge in [0, 0.05) is 18.3 Å². The molecule has 168 valence electrons. The maximum atomic E-state index is 13.1. The molecule has 0 saturated carbocycles. The molecule has 1 aromatic carbocycles. The van der Waals surface area contributed by atoms with Crippen LogP contribution in [-0.2, 0) is 14.4 Å². The second-order valence-corrected chi connectivity index (χ2v) is 6.93. The number of halogens is 4. The van der Waals surface area contributed by atoms with Crippen molar-refractivity contribution in [3.63, 3.8) is 0 Å². The van der Waals surface area contributed by atoms with Crippen LogP contribution in [0.4, 0.5) is 24.7 Å². The normalized spacial score (nSPS) is 13.7. The number of hydrogen-bond acceptors (Lipinski definition) is 6. The van der Waals surface area contributed by atoms with Gasteiger partial charge in [0.05, 0.1) is 16.3 Å². The summed E-state index contributed by atoms with van der Waals surface area (Å²) in [6.07, 6.45) is -2.14. The molecule has 3 rings (SSSR count). The Hall–Kier alpha value is -3.44. The van der Waals surface area contributed by atoms with Crippen molar-refractivity contribution >= 4 is 40.9 Å². The molecule has 0 atom stereocenters. The van der Waals surface area contributed by atoms with E-state index < -0.39 is 29.8 Å². The highest BCUT2D eigenvalue weighted by Crippen LogP contribution is 2.25. The summed E-state index contributed by atoms with van der Waals surface area (Å²) < 4.78 is 38.4. The van der Waals surface area contributed by atoms with Crippen LogP contribution in [0.25, 0.3) is 0 Å². The quantitative estimate of drug-likeness (QED) is 0.668. The van der Waals surface area contributed by atoms with Crippen LogP contribution in [0.5, 0.6) is 0 Å². The number of aromatic nitrogens is 1. The van der Waals surface area contributed by atoms with Crippen molar-refractivity contribution in [2.75, 3.05) is 23.5 Å². The molecule has 2 N–H and O–H groups in total. The van der Waals surface area contributed by atoms with Crippen LogP contribution >= 0.6 is 11.6 Å². The lowest BCUT2D eigenvalue weighted by Crippen LogP contribution is -2.39. The van der Waals surface area contributed by atoms with Crippen LogP contribution in [0, 0.1) is 0 Å². The topological polar surface area (TPSA) is 101 Å². The zero-order chi connectivity index (χ0) is 23.3. The van der Waals surface area contributed by atoms with Gasteiger partial charge in [-0.2, -0.15) is 13.2 Å². The maximum absolute atomic E-state index is 13.1. The molecule has 2 heterocycles. The fourth-order valence-corrected chi connectivity index (χ4v) is 2.85. The number of pyridine rings is 1. The summed E-state index contributed by atoms with van der Waals surface area (Å²) in [6.45, 7) is 1.11. The lowest BCUT2D eigenvalue weighted by atomic mass is 10.1. The average molecular weight is 469 g/mol. The van der Waals surface area contributed by atoms with Gasteiger partial charge in [0.15, 0.2) is 5.82 Å². The third-order valence-electron chi connectivity index (χ3n) is 4.27. The second-order valence-electron chi connectivity index (χ2n) is 6.49. The number of carbonyl (C=O) groups is 3. The molecule has 0 unspecified atom stereocenters. The highest BCUT2D eigenvalue weighted by molar-refractivity contribution is 6.30.